The van der Waals surface area contributed by atoms with E-state index in [2.05, 4.69) is 10.3 Å². The van der Waals surface area contributed by atoms with E-state index >= 15 is 0 Å². The summed E-state index contributed by atoms with van der Waals surface area (Å²) >= 11 is 0. The van der Waals surface area contributed by atoms with E-state index in [1.807, 2.05) is 33.0 Å². The van der Waals surface area contributed by atoms with Gasteiger partial charge in [0.2, 0.25) is 0 Å². The number of nitrogens with zero attached hydrogens (tertiary/aromatic N) is 1. The first-order valence-corrected chi connectivity index (χ1v) is 4.52. The lowest BCUT2D eigenvalue weighted by molar-refractivity contribution is 0.779. The molecule has 1 rings (SSSR count). The minimum Gasteiger partial charge on any atom is -0.383 e. The Balaban J connectivity index is 2.70. The van der Waals surface area contributed by atoms with Crippen molar-refractivity contribution in [3.8, 4) is 0 Å². The highest BCUT2D eigenvalue weighted by atomic mass is 14.9. The summed E-state index contributed by atoms with van der Waals surface area (Å²) in [5.41, 5.74) is 8.96. The predicted octanol–water partition coefficient (Wildman–Crippen LogP) is 1.46. The Hall–Kier alpha value is -1.09. The molecule has 1 unspecified atom stereocenters. The highest BCUT2D eigenvalue weighted by Crippen LogP contribution is 2.13. The molecular formula is C10H17N3. The molecular weight excluding hydrogens is 162 g/mol. The smallest absolute Gasteiger partial charge is 0.0404 e. The van der Waals surface area contributed by atoms with Crippen LogP contribution < -0.4 is 11.1 Å². The van der Waals surface area contributed by atoms with Crippen LogP contribution in [0.1, 0.15) is 18.2 Å². The third-order valence-corrected chi connectivity index (χ3v) is 1.85. The van der Waals surface area contributed by atoms with Crippen LogP contribution in [0.3, 0.4) is 0 Å². The molecule has 0 aliphatic carbocycles. The lowest BCUT2D eigenvalue weighted by Crippen LogP contribution is -2.25. The predicted molar refractivity (Wildman–Crippen MR) is 55.9 cm³/mol. The monoisotopic (exact) mass is 179 g/mol. The Labute approximate surface area is 79.4 Å². The zero-order valence-electron chi connectivity index (χ0n) is 8.46. The molecule has 0 bridgehead atoms. The van der Waals surface area contributed by atoms with E-state index < -0.39 is 0 Å². The van der Waals surface area contributed by atoms with Gasteiger partial charge in [0.05, 0.1) is 0 Å². The van der Waals surface area contributed by atoms with Gasteiger partial charge in [-0.1, -0.05) is 0 Å². The van der Waals surface area contributed by atoms with E-state index in [0.29, 0.717) is 0 Å². The fourth-order valence-corrected chi connectivity index (χ4v) is 1.09. The topological polar surface area (TPSA) is 50.9 Å². The van der Waals surface area contributed by atoms with E-state index in [-0.39, 0.29) is 6.04 Å². The fraction of sp³-hybridized carbons (Fsp3) is 0.500. The molecule has 3 N–H and O–H groups in total. The van der Waals surface area contributed by atoms with Crippen LogP contribution in [0.25, 0.3) is 0 Å². The van der Waals surface area contributed by atoms with E-state index in [1.165, 1.54) is 0 Å². The van der Waals surface area contributed by atoms with Gasteiger partial charge in [-0.05, 0) is 32.4 Å². The number of pyridine rings is 1. The first-order chi connectivity index (χ1) is 6.09. The number of aryl methyl sites for hydroxylation is 2. The van der Waals surface area contributed by atoms with Crippen molar-refractivity contribution in [1.29, 1.82) is 0 Å². The Morgan fingerprint density at radius 2 is 2.23 bits per heavy atom. The summed E-state index contributed by atoms with van der Waals surface area (Å²) in [7, 11) is 0. The molecule has 1 aromatic rings. The Bertz CT molecular complexity index is 281. The molecule has 3 heteroatoms. The van der Waals surface area contributed by atoms with Gasteiger partial charge in [-0.25, -0.2) is 0 Å². The zero-order chi connectivity index (χ0) is 9.84. The van der Waals surface area contributed by atoms with Crippen LogP contribution in [0.2, 0.25) is 0 Å². The van der Waals surface area contributed by atoms with Crippen LogP contribution in [0.4, 0.5) is 5.69 Å². The van der Waals surface area contributed by atoms with Crippen molar-refractivity contribution in [2.75, 3.05) is 11.9 Å². The summed E-state index contributed by atoms with van der Waals surface area (Å²) in [6.07, 6.45) is 1.87. The van der Waals surface area contributed by atoms with Gasteiger partial charge < -0.3 is 11.1 Å². The summed E-state index contributed by atoms with van der Waals surface area (Å²) in [6.45, 7) is 6.80. The van der Waals surface area contributed by atoms with E-state index in [1.54, 1.807) is 0 Å². The van der Waals surface area contributed by atoms with Crippen LogP contribution in [-0.2, 0) is 0 Å². The third-order valence-electron chi connectivity index (χ3n) is 1.85. The van der Waals surface area contributed by atoms with Gasteiger partial charge in [0.1, 0.15) is 0 Å². The van der Waals surface area contributed by atoms with Crippen LogP contribution in [-0.4, -0.2) is 17.6 Å². The number of hydrogen-bond acceptors (Lipinski definition) is 3. The molecule has 0 aliphatic rings. The van der Waals surface area contributed by atoms with Gasteiger partial charge in [-0.3, -0.25) is 4.98 Å². The molecule has 0 aromatic carbocycles. The van der Waals surface area contributed by atoms with Gasteiger partial charge in [-0.15, -0.1) is 0 Å². The fourth-order valence-electron chi connectivity index (χ4n) is 1.09. The third kappa shape index (κ3) is 3.03. The van der Waals surface area contributed by atoms with Crippen molar-refractivity contribution >= 4 is 5.69 Å². The molecule has 1 aromatic heterocycles. The molecule has 1 atom stereocenters. The molecule has 13 heavy (non-hydrogen) atoms. The van der Waals surface area contributed by atoms with Gasteiger partial charge >= 0.3 is 0 Å². The average Bonchev–Trinajstić information content (AvgIpc) is 2.06. The molecule has 0 amide bonds. The van der Waals surface area contributed by atoms with E-state index in [0.717, 1.165) is 23.5 Å². The molecule has 0 radical (unpaired) electrons. The van der Waals surface area contributed by atoms with E-state index in [4.69, 9.17) is 5.73 Å². The van der Waals surface area contributed by atoms with Gasteiger partial charge in [-0.2, -0.15) is 0 Å². The van der Waals surface area contributed by atoms with Crippen LogP contribution in [0.15, 0.2) is 12.3 Å². The molecule has 72 valence electrons. The Morgan fingerprint density at radius 3 is 2.85 bits per heavy atom. The first kappa shape index (κ1) is 9.99. The SMILES string of the molecule is Cc1cc(NCC(C)N)c(C)cn1. The number of hydrogen-bond donors (Lipinski definition) is 2. The van der Waals surface area contributed by atoms with Crippen LogP contribution >= 0.6 is 0 Å². The van der Waals surface area contributed by atoms with Gasteiger partial charge in [0.25, 0.3) is 0 Å². The van der Waals surface area contributed by atoms with Crippen LogP contribution in [0.5, 0.6) is 0 Å². The largest absolute Gasteiger partial charge is 0.383 e. The normalized spacial score (nSPS) is 12.6. The highest BCUT2D eigenvalue weighted by Gasteiger charge is 1.99. The Morgan fingerprint density at radius 1 is 1.54 bits per heavy atom. The lowest BCUT2D eigenvalue weighted by Gasteiger charge is -2.11. The minimum absolute atomic E-state index is 0.174. The molecule has 0 aliphatic heterocycles. The zero-order valence-corrected chi connectivity index (χ0v) is 8.46. The van der Waals surface area contributed by atoms with Crippen molar-refractivity contribution < 1.29 is 0 Å². The van der Waals surface area contributed by atoms with Crippen molar-refractivity contribution in [3.63, 3.8) is 0 Å². The summed E-state index contributed by atoms with van der Waals surface area (Å²) in [6, 6.07) is 2.21. The minimum atomic E-state index is 0.174. The summed E-state index contributed by atoms with van der Waals surface area (Å²) in [5.74, 6) is 0. The quantitative estimate of drug-likeness (QED) is 0.738. The maximum absolute atomic E-state index is 5.65. The highest BCUT2D eigenvalue weighted by molar-refractivity contribution is 5.50. The second kappa shape index (κ2) is 4.23. The van der Waals surface area contributed by atoms with Gasteiger partial charge in [0, 0.05) is 30.2 Å². The number of nitrogens with one attached hydrogen (secondary N) is 1. The number of rotatable bonds is 3. The second-order valence-electron chi connectivity index (χ2n) is 3.50. The van der Waals surface area contributed by atoms with E-state index in [9.17, 15) is 0 Å². The number of nitrogens with two attached hydrogens (primary N) is 1. The maximum Gasteiger partial charge on any atom is 0.0404 e. The summed E-state index contributed by atoms with van der Waals surface area (Å²) in [5, 5.41) is 3.29. The molecule has 0 spiro atoms. The average molecular weight is 179 g/mol. The first-order valence-electron chi connectivity index (χ1n) is 4.52. The maximum atomic E-state index is 5.65. The van der Waals surface area contributed by atoms with Crippen LogP contribution in [0, 0.1) is 13.8 Å². The summed E-state index contributed by atoms with van der Waals surface area (Å²) in [4.78, 5) is 4.20. The lowest BCUT2D eigenvalue weighted by atomic mass is 10.2. The Kier molecular flexibility index (Phi) is 3.25. The van der Waals surface area contributed by atoms with Crippen molar-refractivity contribution in [2.24, 2.45) is 5.73 Å². The molecule has 1 heterocycles. The molecule has 0 saturated carbocycles. The second-order valence-corrected chi connectivity index (χ2v) is 3.50. The molecule has 0 fully saturated rings. The number of aromatic nitrogens is 1. The van der Waals surface area contributed by atoms with Crippen molar-refractivity contribution in [3.05, 3.63) is 23.5 Å². The van der Waals surface area contributed by atoms with Crippen molar-refractivity contribution in [2.45, 2.75) is 26.8 Å². The molecule has 0 saturated heterocycles. The number of anilines is 1. The summed E-state index contributed by atoms with van der Waals surface area (Å²) < 4.78 is 0. The van der Waals surface area contributed by atoms with Gasteiger partial charge in [0.15, 0.2) is 0 Å². The molecule has 3 nitrogen and oxygen atoms in total. The van der Waals surface area contributed by atoms with Crippen molar-refractivity contribution in [1.82, 2.24) is 4.98 Å². The standard InChI is InChI=1S/C10H17N3/c1-7-5-12-9(3)4-10(7)13-6-8(2)11/h4-5,8H,6,11H2,1-3H3,(H,12,13).